The predicted molar refractivity (Wildman–Crippen MR) is 85.8 cm³/mol. The van der Waals surface area contributed by atoms with Gasteiger partial charge in [0, 0.05) is 16.1 Å². The molecule has 2 aromatic rings. The van der Waals surface area contributed by atoms with Crippen molar-refractivity contribution < 1.29 is 8.78 Å². The molecule has 0 saturated heterocycles. The largest absolute Gasteiger partial charge is 0.204 e. The lowest BCUT2D eigenvalue weighted by Gasteiger charge is -2.31. The Balaban J connectivity index is 2.42. The van der Waals surface area contributed by atoms with Gasteiger partial charge in [0.25, 0.3) is 0 Å². The minimum atomic E-state index is -0.798. The highest BCUT2D eigenvalue weighted by molar-refractivity contribution is 9.09. The first kappa shape index (κ1) is 15.6. The second kappa shape index (κ2) is 6.81. The Morgan fingerprint density at radius 1 is 0.850 bits per heavy atom. The van der Waals surface area contributed by atoms with Crippen molar-refractivity contribution in [2.75, 3.05) is 10.7 Å². The molecule has 20 heavy (non-hydrogen) atoms. The van der Waals surface area contributed by atoms with Crippen LogP contribution in [0.25, 0.3) is 0 Å². The molecule has 0 bridgehead atoms. The molecule has 0 saturated carbocycles. The Kier molecular flexibility index (Phi) is 5.33. The van der Waals surface area contributed by atoms with Crippen LogP contribution in [0.4, 0.5) is 8.78 Å². The molecule has 0 N–H and O–H groups in total. The number of halogens is 4. The van der Waals surface area contributed by atoms with Crippen LogP contribution in [0.5, 0.6) is 0 Å². The standard InChI is InChI=1S/C16H14Br2F2/c17-10-16(11-18,13-6-2-1-3-7-13)9-12-5-4-8-14(19)15(12)20/h1-8H,9-11H2. The van der Waals surface area contributed by atoms with Crippen molar-refractivity contribution in [3.63, 3.8) is 0 Å². The summed E-state index contributed by atoms with van der Waals surface area (Å²) < 4.78 is 27.3. The van der Waals surface area contributed by atoms with Crippen LogP contribution in [-0.4, -0.2) is 10.7 Å². The molecule has 4 heteroatoms. The van der Waals surface area contributed by atoms with E-state index in [0.29, 0.717) is 22.6 Å². The first-order valence-electron chi connectivity index (χ1n) is 6.23. The highest BCUT2D eigenvalue weighted by Crippen LogP contribution is 2.33. The second-order valence-corrected chi connectivity index (χ2v) is 5.92. The number of rotatable bonds is 5. The second-order valence-electron chi connectivity index (χ2n) is 4.80. The van der Waals surface area contributed by atoms with E-state index in [4.69, 9.17) is 0 Å². The van der Waals surface area contributed by atoms with Gasteiger partial charge in [-0.2, -0.15) is 0 Å². The van der Waals surface area contributed by atoms with Crippen LogP contribution in [0, 0.1) is 11.6 Å². The predicted octanol–water partition coefficient (Wildman–Crippen LogP) is 5.24. The van der Waals surface area contributed by atoms with Gasteiger partial charge in [0.05, 0.1) is 0 Å². The van der Waals surface area contributed by atoms with Crippen LogP contribution >= 0.6 is 31.9 Å². The fourth-order valence-electron chi connectivity index (χ4n) is 2.23. The lowest BCUT2D eigenvalue weighted by molar-refractivity contribution is 0.476. The SMILES string of the molecule is Fc1cccc(CC(CBr)(CBr)c2ccccc2)c1F. The molecule has 2 rings (SSSR count). The molecule has 0 aliphatic heterocycles. The van der Waals surface area contributed by atoms with Crippen molar-refractivity contribution in [1.82, 2.24) is 0 Å². The molecule has 0 nitrogen and oxygen atoms in total. The number of hydrogen-bond donors (Lipinski definition) is 0. The van der Waals surface area contributed by atoms with Gasteiger partial charge in [0.2, 0.25) is 0 Å². The Labute approximate surface area is 134 Å². The maximum Gasteiger partial charge on any atom is 0.162 e. The van der Waals surface area contributed by atoms with Crippen molar-refractivity contribution in [2.24, 2.45) is 0 Å². The summed E-state index contributed by atoms with van der Waals surface area (Å²) in [5, 5.41) is 1.32. The van der Waals surface area contributed by atoms with E-state index in [9.17, 15) is 8.78 Å². The van der Waals surface area contributed by atoms with Gasteiger partial charge in [0.1, 0.15) is 0 Å². The van der Waals surface area contributed by atoms with E-state index in [1.807, 2.05) is 30.3 Å². The summed E-state index contributed by atoms with van der Waals surface area (Å²) in [7, 11) is 0. The summed E-state index contributed by atoms with van der Waals surface area (Å²) in [6, 6.07) is 14.2. The molecule has 0 aliphatic carbocycles. The van der Waals surface area contributed by atoms with E-state index in [1.54, 1.807) is 12.1 Å². The van der Waals surface area contributed by atoms with Crippen molar-refractivity contribution in [1.29, 1.82) is 0 Å². The van der Waals surface area contributed by atoms with Crippen LogP contribution in [0.15, 0.2) is 48.5 Å². The molecule has 0 radical (unpaired) electrons. The van der Waals surface area contributed by atoms with Crippen molar-refractivity contribution in [3.05, 3.63) is 71.3 Å². The maximum absolute atomic E-state index is 13.9. The van der Waals surface area contributed by atoms with Gasteiger partial charge in [0.15, 0.2) is 11.6 Å². The molecule has 106 valence electrons. The fourth-order valence-corrected chi connectivity index (χ4v) is 4.20. The van der Waals surface area contributed by atoms with E-state index in [1.165, 1.54) is 0 Å². The first-order valence-corrected chi connectivity index (χ1v) is 8.47. The van der Waals surface area contributed by atoms with Gasteiger partial charge in [-0.15, -0.1) is 0 Å². The summed E-state index contributed by atoms with van der Waals surface area (Å²) in [6.07, 6.45) is 0.428. The van der Waals surface area contributed by atoms with Crippen molar-refractivity contribution in [2.45, 2.75) is 11.8 Å². The van der Waals surface area contributed by atoms with Gasteiger partial charge in [-0.25, -0.2) is 8.78 Å². The zero-order valence-corrected chi connectivity index (χ0v) is 13.9. The van der Waals surface area contributed by atoms with Gasteiger partial charge < -0.3 is 0 Å². The van der Waals surface area contributed by atoms with E-state index < -0.39 is 11.6 Å². The lowest BCUT2D eigenvalue weighted by Crippen LogP contribution is -2.33. The average molecular weight is 404 g/mol. The summed E-state index contributed by atoms with van der Waals surface area (Å²) in [5.41, 5.74) is 1.18. The zero-order valence-electron chi connectivity index (χ0n) is 10.8. The summed E-state index contributed by atoms with van der Waals surface area (Å²) >= 11 is 7.05. The zero-order chi connectivity index (χ0) is 14.6. The molecule has 0 amide bonds. The van der Waals surface area contributed by atoms with Crippen LogP contribution in [0.2, 0.25) is 0 Å². The summed E-state index contributed by atoms with van der Waals surface area (Å²) in [5.74, 6) is -1.55. The number of benzene rings is 2. The Bertz CT molecular complexity index is 566. The molecule has 0 unspecified atom stereocenters. The third kappa shape index (κ3) is 3.12. The van der Waals surface area contributed by atoms with E-state index >= 15 is 0 Å². The third-order valence-electron chi connectivity index (χ3n) is 3.46. The highest BCUT2D eigenvalue weighted by atomic mass is 79.9. The van der Waals surface area contributed by atoms with Crippen LogP contribution in [-0.2, 0) is 11.8 Å². The van der Waals surface area contributed by atoms with Crippen molar-refractivity contribution in [3.8, 4) is 0 Å². The van der Waals surface area contributed by atoms with Gasteiger partial charge in [-0.3, -0.25) is 0 Å². The summed E-state index contributed by atoms with van der Waals surface area (Å²) in [4.78, 5) is 0. The van der Waals surface area contributed by atoms with Gasteiger partial charge in [-0.1, -0.05) is 74.3 Å². The third-order valence-corrected chi connectivity index (χ3v) is 5.60. The molecule has 0 aliphatic rings. The molecule has 0 fully saturated rings. The fraction of sp³-hybridized carbons (Fsp3) is 0.250. The van der Waals surface area contributed by atoms with Crippen LogP contribution in [0.3, 0.4) is 0 Å². The summed E-state index contributed by atoms with van der Waals surface area (Å²) in [6.45, 7) is 0. The smallest absolute Gasteiger partial charge is 0.162 e. The first-order chi connectivity index (χ1) is 9.63. The van der Waals surface area contributed by atoms with Gasteiger partial charge >= 0.3 is 0 Å². The van der Waals surface area contributed by atoms with Crippen LogP contribution < -0.4 is 0 Å². The monoisotopic (exact) mass is 402 g/mol. The molecule has 2 aromatic carbocycles. The molecule has 0 atom stereocenters. The molecular formula is C16H14Br2F2. The van der Waals surface area contributed by atoms with Crippen LogP contribution in [0.1, 0.15) is 11.1 Å². The molecule has 0 aromatic heterocycles. The van der Waals surface area contributed by atoms with Gasteiger partial charge in [-0.05, 0) is 23.6 Å². The lowest BCUT2D eigenvalue weighted by atomic mass is 9.79. The maximum atomic E-state index is 13.9. The average Bonchev–Trinajstić information content (AvgIpc) is 2.50. The normalized spacial score (nSPS) is 11.6. The molecule has 0 spiro atoms. The minimum Gasteiger partial charge on any atom is -0.204 e. The quantitative estimate of drug-likeness (QED) is 0.599. The van der Waals surface area contributed by atoms with Crippen molar-refractivity contribution >= 4 is 31.9 Å². The van der Waals surface area contributed by atoms with E-state index in [-0.39, 0.29) is 5.41 Å². The number of alkyl halides is 2. The molecular weight excluding hydrogens is 390 g/mol. The number of hydrogen-bond acceptors (Lipinski definition) is 0. The topological polar surface area (TPSA) is 0 Å². The van der Waals surface area contributed by atoms with E-state index in [0.717, 1.165) is 11.6 Å². The Hall–Kier alpha value is -0.740. The molecule has 0 heterocycles. The minimum absolute atomic E-state index is 0.310. The Morgan fingerprint density at radius 3 is 2.10 bits per heavy atom. The van der Waals surface area contributed by atoms with E-state index in [2.05, 4.69) is 31.9 Å². The Morgan fingerprint density at radius 2 is 1.50 bits per heavy atom. The highest BCUT2D eigenvalue weighted by Gasteiger charge is 2.31.